The highest BCUT2D eigenvalue weighted by Gasteiger charge is 2.12. The van der Waals surface area contributed by atoms with Crippen LogP contribution in [-0.4, -0.2) is 31.8 Å². The van der Waals surface area contributed by atoms with E-state index >= 15 is 0 Å². The fraction of sp³-hybridized carbons (Fsp3) is 0.333. The summed E-state index contributed by atoms with van der Waals surface area (Å²) in [5.41, 5.74) is 1.04. The minimum absolute atomic E-state index is 0.0852. The minimum atomic E-state index is -1.24. The molecule has 1 N–H and O–H groups in total. The van der Waals surface area contributed by atoms with E-state index in [-0.39, 0.29) is 35.6 Å². The highest BCUT2D eigenvalue weighted by molar-refractivity contribution is 7.84. The summed E-state index contributed by atoms with van der Waals surface area (Å²) >= 11 is 0. The number of aryl methyl sites for hydroxylation is 1. The van der Waals surface area contributed by atoms with Crippen molar-refractivity contribution in [2.45, 2.75) is 12.7 Å². The third-order valence-corrected chi connectivity index (χ3v) is 3.71. The van der Waals surface area contributed by atoms with E-state index in [2.05, 4.69) is 10.1 Å². The van der Waals surface area contributed by atoms with Gasteiger partial charge in [-0.3, -0.25) is 4.21 Å². The maximum atomic E-state index is 13.4. The summed E-state index contributed by atoms with van der Waals surface area (Å²) in [4.78, 5) is 4.05. The quantitative estimate of drug-likeness (QED) is 0.898. The zero-order chi connectivity index (χ0) is 13.8. The highest BCUT2D eigenvalue weighted by atomic mass is 32.2. The molecule has 1 aromatic carbocycles. The van der Waals surface area contributed by atoms with Crippen molar-refractivity contribution in [1.82, 2.24) is 10.1 Å². The molecule has 0 spiro atoms. The molecule has 102 valence electrons. The fourth-order valence-electron chi connectivity index (χ4n) is 1.47. The van der Waals surface area contributed by atoms with E-state index in [1.54, 1.807) is 19.1 Å². The van der Waals surface area contributed by atoms with E-state index in [1.807, 2.05) is 0 Å². The van der Waals surface area contributed by atoms with Crippen LogP contribution in [-0.2, 0) is 16.6 Å². The van der Waals surface area contributed by atoms with Crippen molar-refractivity contribution in [2.75, 3.05) is 12.4 Å². The molecule has 5 nitrogen and oxygen atoms in total. The van der Waals surface area contributed by atoms with Gasteiger partial charge in [-0.25, -0.2) is 4.39 Å². The van der Waals surface area contributed by atoms with Gasteiger partial charge in [0.2, 0.25) is 11.7 Å². The summed E-state index contributed by atoms with van der Waals surface area (Å²) in [6, 6.07) is 4.65. The Morgan fingerprint density at radius 1 is 1.47 bits per heavy atom. The fourth-order valence-corrected chi connectivity index (χ4v) is 2.22. The molecule has 0 aliphatic rings. The van der Waals surface area contributed by atoms with Crippen LogP contribution in [0.5, 0.6) is 0 Å². The molecule has 19 heavy (non-hydrogen) atoms. The number of aliphatic hydroxyl groups is 1. The predicted octanol–water partition coefficient (Wildman–Crippen LogP) is 1.43. The summed E-state index contributed by atoms with van der Waals surface area (Å²) in [7, 11) is -1.24. The number of halogens is 1. The van der Waals surface area contributed by atoms with Gasteiger partial charge in [0.15, 0.2) is 0 Å². The molecule has 2 aromatic rings. The molecule has 1 aromatic heterocycles. The first-order valence-electron chi connectivity index (χ1n) is 5.65. The molecular weight excluding hydrogens is 271 g/mol. The number of hydrogen-bond donors (Lipinski definition) is 1. The zero-order valence-electron chi connectivity index (χ0n) is 10.3. The molecule has 1 atom stereocenters. The lowest BCUT2D eigenvalue weighted by molar-refractivity contribution is 0.321. The summed E-state index contributed by atoms with van der Waals surface area (Å²) in [5, 5.41) is 12.4. The van der Waals surface area contributed by atoms with Gasteiger partial charge in [0, 0.05) is 22.1 Å². The Morgan fingerprint density at radius 3 is 2.95 bits per heavy atom. The first-order chi connectivity index (χ1) is 9.10. The molecule has 0 amide bonds. The SMILES string of the molecule is Cc1ccc(-c2noc(CS(=O)CCO)n2)cc1F. The molecule has 0 bridgehead atoms. The summed E-state index contributed by atoms with van der Waals surface area (Å²) in [6.45, 7) is 1.51. The Balaban J connectivity index is 2.16. The van der Waals surface area contributed by atoms with Crippen LogP contribution < -0.4 is 0 Å². The van der Waals surface area contributed by atoms with Crippen molar-refractivity contribution >= 4 is 10.8 Å². The van der Waals surface area contributed by atoms with Crippen LogP contribution in [0.1, 0.15) is 11.5 Å². The van der Waals surface area contributed by atoms with Gasteiger partial charge < -0.3 is 9.63 Å². The molecule has 0 saturated heterocycles. The molecule has 2 rings (SSSR count). The Labute approximate surface area is 111 Å². The maximum Gasteiger partial charge on any atom is 0.239 e. The minimum Gasteiger partial charge on any atom is -0.395 e. The van der Waals surface area contributed by atoms with Gasteiger partial charge in [0.1, 0.15) is 11.6 Å². The van der Waals surface area contributed by atoms with Crippen LogP contribution in [0.4, 0.5) is 4.39 Å². The molecule has 0 saturated carbocycles. The zero-order valence-corrected chi connectivity index (χ0v) is 11.1. The molecule has 7 heteroatoms. The van der Waals surface area contributed by atoms with Crippen LogP contribution in [0.25, 0.3) is 11.4 Å². The van der Waals surface area contributed by atoms with E-state index < -0.39 is 10.8 Å². The van der Waals surface area contributed by atoms with Crippen LogP contribution in [0.2, 0.25) is 0 Å². The van der Waals surface area contributed by atoms with E-state index in [0.717, 1.165) is 0 Å². The van der Waals surface area contributed by atoms with Gasteiger partial charge in [-0.15, -0.1) is 0 Å². The molecular formula is C12H13FN2O3S. The van der Waals surface area contributed by atoms with Crippen molar-refractivity contribution in [3.05, 3.63) is 35.5 Å². The van der Waals surface area contributed by atoms with Crippen LogP contribution in [0.3, 0.4) is 0 Å². The second-order valence-corrected chi connectivity index (χ2v) is 5.56. The normalized spacial score (nSPS) is 12.6. The number of aromatic nitrogens is 2. The third-order valence-electron chi connectivity index (χ3n) is 2.50. The van der Waals surface area contributed by atoms with Gasteiger partial charge in [0.05, 0.1) is 6.61 Å². The topological polar surface area (TPSA) is 76.2 Å². The van der Waals surface area contributed by atoms with E-state index in [1.165, 1.54) is 6.07 Å². The monoisotopic (exact) mass is 284 g/mol. The smallest absolute Gasteiger partial charge is 0.239 e. The number of aliphatic hydroxyl groups excluding tert-OH is 1. The summed E-state index contributed by atoms with van der Waals surface area (Å²) < 4.78 is 29.8. The lowest BCUT2D eigenvalue weighted by Crippen LogP contribution is -2.04. The first kappa shape index (κ1) is 13.8. The van der Waals surface area contributed by atoms with Crippen molar-refractivity contribution < 1.29 is 18.2 Å². The third kappa shape index (κ3) is 3.45. The van der Waals surface area contributed by atoms with Crippen LogP contribution >= 0.6 is 0 Å². The van der Waals surface area contributed by atoms with Gasteiger partial charge in [-0.1, -0.05) is 17.3 Å². The number of nitrogens with zero attached hydrogens (tertiary/aromatic N) is 2. The van der Waals surface area contributed by atoms with Crippen molar-refractivity contribution in [3.8, 4) is 11.4 Å². The lowest BCUT2D eigenvalue weighted by Gasteiger charge is -1.97. The van der Waals surface area contributed by atoms with Gasteiger partial charge >= 0.3 is 0 Å². The largest absolute Gasteiger partial charge is 0.395 e. The number of hydrogen-bond acceptors (Lipinski definition) is 5. The van der Waals surface area contributed by atoms with E-state index in [9.17, 15) is 8.60 Å². The molecule has 0 aliphatic heterocycles. The highest BCUT2D eigenvalue weighted by Crippen LogP contribution is 2.19. The first-order valence-corrected chi connectivity index (χ1v) is 7.14. The van der Waals surface area contributed by atoms with E-state index in [4.69, 9.17) is 9.63 Å². The molecule has 0 aliphatic carbocycles. The van der Waals surface area contributed by atoms with Crippen molar-refractivity contribution in [2.24, 2.45) is 0 Å². The van der Waals surface area contributed by atoms with Gasteiger partial charge in [0.25, 0.3) is 0 Å². The van der Waals surface area contributed by atoms with Gasteiger partial charge in [-0.2, -0.15) is 4.98 Å². The molecule has 0 fully saturated rings. The summed E-state index contributed by atoms with van der Waals surface area (Å²) in [6.07, 6.45) is 0. The maximum absolute atomic E-state index is 13.4. The second-order valence-electron chi connectivity index (χ2n) is 3.99. The van der Waals surface area contributed by atoms with Crippen LogP contribution in [0, 0.1) is 12.7 Å². The average Bonchev–Trinajstić information content (AvgIpc) is 2.81. The Morgan fingerprint density at radius 2 is 2.26 bits per heavy atom. The number of rotatable bonds is 5. The van der Waals surface area contributed by atoms with Crippen LogP contribution in [0.15, 0.2) is 22.7 Å². The predicted molar refractivity (Wildman–Crippen MR) is 68.2 cm³/mol. The summed E-state index contributed by atoms with van der Waals surface area (Å²) in [5.74, 6) is 0.379. The Kier molecular flexibility index (Phi) is 4.39. The number of benzene rings is 1. The average molecular weight is 284 g/mol. The van der Waals surface area contributed by atoms with Crippen molar-refractivity contribution in [1.29, 1.82) is 0 Å². The second kappa shape index (κ2) is 6.03. The lowest BCUT2D eigenvalue weighted by atomic mass is 10.1. The Bertz CT molecular complexity index is 600. The molecule has 1 unspecified atom stereocenters. The Hall–Kier alpha value is -1.60. The van der Waals surface area contributed by atoms with Gasteiger partial charge in [-0.05, 0) is 18.6 Å². The molecule has 1 heterocycles. The standard InChI is InChI=1S/C12H13FN2O3S/c1-8-2-3-9(6-10(8)13)12-14-11(18-15-12)7-19(17)5-4-16/h2-3,6,16H,4-5,7H2,1H3. The van der Waals surface area contributed by atoms with Crippen molar-refractivity contribution in [3.63, 3.8) is 0 Å². The molecule has 0 radical (unpaired) electrons. The van der Waals surface area contributed by atoms with E-state index in [0.29, 0.717) is 11.1 Å².